The van der Waals surface area contributed by atoms with E-state index in [0.717, 1.165) is 27.8 Å². The molecule has 2 rings (SSSR count). The Morgan fingerprint density at radius 1 is 1.32 bits per heavy atom. The van der Waals surface area contributed by atoms with Gasteiger partial charge in [0.05, 0.1) is 0 Å². The molecular formula is C17H17BrClNO2. The molecule has 0 aliphatic carbocycles. The van der Waals surface area contributed by atoms with Crippen LogP contribution in [0.5, 0.6) is 5.75 Å². The number of benzene rings is 2. The molecule has 0 aliphatic heterocycles. The average Bonchev–Trinajstić information content (AvgIpc) is 2.50. The van der Waals surface area contributed by atoms with Crippen LogP contribution in [0.2, 0.25) is 5.02 Å². The first-order chi connectivity index (χ1) is 10.5. The van der Waals surface area contributed by atoms with E-state index in [1.165, 1.54) is 0 Å². The number of amides is 1. The maximum atomic E-state index is 12.0. The molecule has 0 heterocycles. The van der Waals surface area contributed by atoms with Crippen molar-refractivity contribution >= 4 is 39.1 Å². The minimum atomic E-state index is -0.213. The van der Waals surface area contributed by atoms with Gasteiger partial charge in [0.2, 0.25) is 0 Å². The van der Waals surface area contributed by atoms with Gasteiger partial charge in [0, 0.05) is 15.2 Å². The van der Waals surface area contributed by atoms with Gasteiger partial charge in [-0.15, -0.1) is 0 Å². The van der Waals surface area contributed by atoms with Crippen LogP contribution in [0.4, 0.5) is 5.69 Å². The van der Waals surface area contributed by atoms with Crippen LogP contribution in [0.15, 0.2) is 40.9 Å². The van der Waals surface area contributed by atoms with Gasteiger partial charge in [-0.1, -0.05) is 40.5 Å². The fourth-order valence-electron chi connectivity index (χ4n) is 2.04. The summed E-state index contributed by atoms with van der Waals surface area (Å²) in [4.78, 5) is 12.0. The van der Waals surface area contributed by atoms with Crippen LogP contribution < -0.4 is 10.1 Å². The van der Waals surface area contributed by atoms with Crippen molar-refractivity contribution < 1.29 is 9.53 Å². The molecule has 0 aliphatic rings. The van der Waals surface area contributed by atoms with Crippen LogP contribution >= 0.6 is 27.5 Å². The quantitative estimate of drug-likeness (QED) is 0.791. The van der Waals surface area contributed by atoms with Gasteiger partial charge in [0.25, 0.3) is 5.91 Å². The summed E-state index contributed by atoms with van der Waals surface area (Å²) >= 11 is 9.47. The van der Waals surface area contributed by atoms with Crippen molar-refractivity contribution in [1.29, 1.82) is 0 Å². The van der Waals surface area contributed by atoms with Gasteiger partial charge in [0.1, 0.15) is 5.75 Å². The zero-order valence-electron chi connectivity index (χ0n) is 12.5. The molecule has 0 spiro atoms. The van der Waals surface area contributed by atoms with Crippen molar-refractivity contribution in [2.24, 2.45) is 0 Å². The molecule has 3 nitrogen and oxygen atoms in total. The number of carbonyl (C=O) groups excluding carboxylic acids is 1. The van der Waals surface area contributed by atoms with Gasteiger partial charge in [-0.3, -0.25) is 4.79 Å². The van der Waals surface area contributed by atoms with E-state index >= 15 is 0 Å². The molecule has 0 unspecified atom stereocenters. The van der Waals surface area contributed by atoms with Crippen LogP contribution in [0.25, 0.3) is 0 Å². The molecule has 0 atom stereocenters. The Bertz CT molecular complexity index is 688. The lowest BCUT2D eigenvalue weighted by Gasteiger charge is -2.12. The van der Waals surface area contributed by atoms with Crippen molar-refractivity contribution in [2.45, 2.75) is 20.3 Å². The molecule has 5 heteroatoms. The fraction of sp³-hybridized carbons (Fsp3) is 0.235. The first kappa shape index (κ1) is 16.8. The second kappa shape index (κ2) is 7.65. The summed E-state index contributed by atoms with van der Waals surface area (Å²) in [5.74, 6) is 0.513. The molecule has 22 heavy (non-hydrogen) atoms. The third kappa shape index (κ3) is 4.24. The molecule has 2 aromatic carbocycles. The van der Waals surface area contributed by atoms with Crippen molar-refractivity contribution in [1.82, 2.24) is 0 Å². The standard InChI is InChI=1S/C17H17BrClNO2/c1-3-12-9-13(18)7-8-16(12)22-10-17(21)20-15-6-4-5-14(19)11(15)2/h4-9H,3,10H2,1-2H3,(H,20,21). The molecule has 0 bridgehead atoms. The normalized spacial score (nSPS) is 10.4. The SMILES string of the molecule is CCc1cc(Br)ccc1OCC(=O)Nc1cccc(Cl)c1C. The smallest absolute Gasteiger partial charge is 0.262 e. The van der Waals surface area contributed by atoms with Crippen LogP contribution in [-0.4, -0.2) is 12.5 Å². The third-order valence-corrected chi connectivity index (χ3v) is 4.21. The highest BCUT2D eigenvalue weighted by Crippen LogP contribution is 2.25. The predicted molar refractivity (Wildman–Crippen MR) is 93.8 cm³/mol. The highest BCUT2D eigenvalue weighted by atomic mass is 79.9. The van der Waals surface area contributed by atoms with Crippen molar-refractivity contribution in [3.8, 4) is 5.75 Å². The summed E-state index contributed by atoms with van der Waals surface area (Å²) in [6.45, 7) is 3.87. The van der Waals surface area contributed by atoms with Gasteiger partial charge in [-0.2, -0.15) is 0 Å². The zero-order chi connectivity index (χ0) is 16.1. The molecule has 2 aromatic rings. The summed E-state index contributed by atoms with van der Waals surface area (Å²) in [5, 5.41) is 3.44. The summed E-state index contributed by atoms with van der Waals surface area (Å²) in [7, 11) is 0. The monoisotopic (exact) mass is 381 g/mol. The van der Waals surface area contributed by atoms with Gasteiger partial charge in [0.15, 0.2) is 6.61 Å². The number of carbonyl (C=O) groups is 1. The van der Waals surface area contributed by atoms with Gasteiger partial charge >= 0.3 is 0 Å². The lowest BCUT2D eigenvalue weighted by Crippen LogP contribution is -2.21. The molecule has 0 saturated carbocycles. The zero-order valence-corrected chi connectivity index (χ0v) is 14.8. The maximum absolute atomic E-state index is 12.0. The molecule has 0 aromatic heterocycles. The number of rotatable bonds is 5. The van der Waals surface area contributed by atoms with E-state index in [-0.39, 0.29) is 12.5 Å². The first-order valence-corrected chi connectivity index (χ1v) is 8.14. The van der Waals surface area contributed by atoms with E-state index in [2.05, 4.69) is 21.2 Å². The largest absolute Gasteiger partial charge is 0.483 e. The highest BCUT2D eigenvalue weighted by molar-refractivity contribution is 9.10. The number of hydrogen-bond donors (Lipinski definition) is 1. The number of aryl methyl sites for hydroxylation is 1. The number of anilines is 1. The van der Waals surface area contributed by atoms with E-state index in [1.807, 2.05) is 38.1 Å². The Kier molecular flexibility index (Phi) is 5.86. The minimum absolute atomic E-state index is 0.0411. The second-order valence-corrected chi connectivity index (χ2v) is 6.18. The van der Waals surface area contributed by atoms with Crippen LogP contribution in [-0.2, 0) is 11.2 Å². The van der Waals surface area contributed by atoms with Gasteiger partial charge < -0.3 is 10.1 Å². The second-order valence-electron chi connectivity index (χ2n) is 4.85. The third-order valence-electron chi connectivity index (χ3n) is 3.30. The maximum Gasteiger partial charge on any atom is 0.262 e. The predicted octanol–water partition coefficient (Wildman–Crippen LogP) is 4.99. The van der Waals surface area contributed by atoms with Crippen LogP contribution in [0, 0.1) is 6.92 Å². The Morgan fingerprint density at radius 2 is 2.09 bits per heavy atom. The van der Waals surface area contributed by atoms with Crippen LogP contribution in [0.3, 0.4) is 0 Å². The van der Waals surface area contributed by atoms with Crippen LogP contribution in [0.1, 0.15) is 18.1 Å². The van der Waals surface area contributed by atoms with E-state index in [9.17, 15) is 4.79 Å². The van der Waals surface area contributed by atoms with Gasteiger partial charge in [-0.05, 0) is 54.8 Å². The average molecular weight is 383 g/mol. The fourth-order valence-corrected chi connectivity index (χ4v) is 2.62. The van der Waals surface area contributed by atoms with E-state index in [4.69, 9.17) is 16.3 Å². The lowest BCUT2D eigenvalue weighted by atomic mass is 10.1. The number of ether oxygens (including phenoxy) is 1. The summed E-state index contributed by atoms with van der Waals surface area (Å²) in [5.41, 5.74) is 2.60. The number of hydrogen-bond acceptors (Lipinski definition) is 2. The Balaban J connectivity index is 2.00. The number of nitrogens with one attached hydrogen (secondary N) is 1. The van der Waals surface area contributed by atoms with Crippen molar-refractivity contribution in [3.05, 3.63) is 57.0 Å². The minimum Gasteiger partial charge on any atom is -0.483 e. The molecule has 0 saturated heterocycles. The van der Waals surface area contributed by atoms with E-state index in [0.29, 0.717) is 10.7 Å². The topological polar surface area (TPSA) is 38.3 Å². The van der Waals surface area contributed by atoms with E-state index < -0.39 is 0 Å². The Labute approximate surface area is 143 Å². The van der Waals surface area contributed by atoms with Gasteiger partial charge in [-0.25, -0.2) is 0 Å². The van der Waals surface area contributed by atoms with E-state index in [1.54, 1.807) is 12.1 Å². The lowest BCUT2D eigenvalue weighted by molar-refractivity contribution is -0.118. The summed E-state index contributed by atoms with van der Waals surface area (Å²) < 4.78 is 6.62. The first-order valence-electron chi connectivity index (χ1n) is 6.97. The molecule has 0 fully saturated rings. The summed E-state index contributed by atoms with van der Waals surface area (Å²) in [6.07, 6.45) is 0.837. The molecule has 1 N–H and O–H groups in total. The molecular weight excluding hydrogens is 366 g/mol. The van der Waals surface area contributed by atoms with Crippen molar-refractivity contribution in [3.63, 3.8) is 0 Å². The molecule has 0 radical (unpaired) electrons. The Morgan fingerprint density at radius 3 is 2.82 bits per heavy atom. The Hall–Kier alpha value is -1.52. The highest BCUT2D eigenvalue weighted by Gasteiger charge is 2.09. The van der Waals surface area contributed by atoms with Crippen molar-refractivity contribution in [2.75, 3.05) is 11.9 Å². The molecule has 1 amide bonds. The summed E-state index contributed by atoms with van der Waals surface area (Å²) in [6, 6.07) is 11.2. The number of halogens is 2. The molecule has 116 valence electrons.